The number of benzene rings is 1. The van der Waals surface area contributed by atoms with Crippen LogP contribution in [0.1, 0.15) is 12.8 Å². The number of carboxylic acid groups (broad SMARTS) is 1. The maximum atomic E-state index is 13.1. The van der Waals surface area contributed by atoms with Gasteiger partial charge in [0.2, 0.25) is 0 Å². The summed E-state index contributed by atoms with van der Waals surface area (Å²) < 4.78 is 18.1. The first-order valence-corrected chi connectivity index (χ1v) is 6.63. The molecule has 0 radical (unpaired) electrons. The van der Waals surface area contributed by atoms with E-state index in [1.54, 1.807) is 4.90 Å². The first kappa shape index (κ1) is 15.1. The van der Waals surface area contributed by atoms with Crippen molar-refractivity contribution in [3.63, 3.8) is 0 Å². The number of rotatable bonds is 3. The predicted octanol–water partition coefficient (Wildman–Crippen LogP) is 2.16. The summed E-state index contributed by atoms with van der Waals surface area (Å²) in [4.78, 5) is 24.5. The highest BCUT2D eigenvalue weighted by Gasteiger charge is 2.27. The zero-order valence-corrected chi connectivity index (χ0v) is 11.6. The summed E-state index contributed by atoms with van der Waals surface area (Å²) in [6.07, 6.45) is 0.868. The fourth-order valence-corrected chi connectivity index (χ4v) is 2.29. The van der Waals surface area contributed by atoms with Crippen molar-refractivity contribution in [2.75, 3.05) is 25.5 Å². The molecule has 7 heteroatoms. The van der Waals surface area contributed by atoms with E-state index in [9.17, 15) is 14.0 Å². The maximum absolute atomic E-state index is 13.1. The van der Waals surface area contributed by atoms with Crippen LogP contribution in [-0.4, -0.2) is 42.2 Å². The van der Waals surface area contributed by atoms with Gasteiger partial charge in [0.15, 0.2) is 0 Å². The molecule has 1 aromatic rings. The van der Waals surface area contributed by atoms with Crippen LogP contribution in [0.5, 0.6) is 5.75 Å². The number of urea groups is 1. The molecule has 1 aromatic carbocycles. The van der Waals surface area contributed by atoms with Crippen LogP contribution in [0, 0.1) is 11.7 Å². The molecule has 0 saturated carbocycles. The van der Waals surface area contributed by atoms with Gasteiger partial charge < -0.3 is 20.1 Å². The van der Waals surface area contributed by atoms with Crippen molar-refractivity contribution in [2.24, 2.45) is 5.92 Å². The van der Waals surface area contributed by atoms with Gasteiger partial charge in [0.05, 0.1) is 18.7 Å². The molecule has 0 bridgehead atoms. The van der Waals surface area contributed by atoms with Gasteiger partial charge in [-0.05, 0) is 25.0 Å². The average molecular weight is 296 g/mol. The fourth-order valence-electron chi connectivity index (χ4n) is 2.29. The topological polar surface area (TPSA) is 78.9 Å². The Balaban J connectivity index is 1.98. The summed E-state index contributed by atoms with van der Waals surface area (Å²) >= 11 is 0. The number of carbonyl (C=O) groups is 2. The summed E-state index contributed by atoms with van der Waals surface area (Å²) in [6, 6.07) is 3.50. The van der Waals surface area contributed by atoms with Gasteiger partial charge in [-0.15, -0.1) is 0 Å². The van der Waals surface area contributed by atoms with Crippen LogP contribution >= 0.6 is 0 Å². The van der Waals surface area contributed by atoms with Gasteiger partial charge in [-0.25, -0.2) is 9.18 Å². The Morgan fingerprint density at radius 2 is 2.05 bits per heavy atom. The lowest BCUT2D eigenvalue weighted by molar-refractivity contribution is -0.143. The van der Waals surface area contributed by atoms with E-state index in [1.165, 1.54) is 25.3 Å². The standard InChI is InChI=1S/C14H17FN2O4/c1-21-12-8-10(15)2-3-11(12)16-14(20)17-6-4-9(5-7-17)13(18)19/h2-3,8-9H,4-7H2,1H3,(H,16,20)(H,18,19). The van der Waals surface area contributed by atoms with Gasteiger partial charge >= 0.3 is 12.0 Å². The van der Waals surface area contributed by atoms with Gasteiger partial charge in [-0.1, -0.05) is 0 Å². The highest BCUT2D eigenvalue weighted by Crippen LogP contribution is 2.26. The third-order valence-corrected chi connectivity index (χ3v) is 3.54. The summed E-state index contributed by atoms with van der Waals surface area (Å²) in [5, 5.41) is 11.6. The van der Waals surface area contributed by atoms with E-state index in [0.29, 0.717) is 31.6 Å². The fraction of sp³-hybridized carbons (Fsp3) is 0.429. The maximum Gasteiger partial charge on any atom is 0.321 e. The van der Waals surface area contributed by atoms with Crippen molar-refractivity contribution in [1.29, 1.82) is 0 Å². The number of methoxy groups -OCH3 is 1. The van der Waals surface area contributed by atoms with Crippen molar-refractivity contribution < 1.29 is 23.8 Å². The molecule has 0 unspecified atom stereocenters. The Hall–Kier alpha value is -2.31. The molecular weight excluding hydrogens is 279 g/mol. The number of likely N-dealkylation sites (tertiary alicyclic amines) is 1. The predicted molar refractivity (Wildman–Crippen MR) is 73.9 cm³/mol. The summed E-state index contributed by atoms with van der Waals surface area (Å²) in [7, 11) is 1.39. The van der Waals surface area contributed by atoms with E-state index < -0.39 is 17.7 Å². The zero-order valence-electron chi connectivity index (χ0n) is 11.6. The van der Waals surface area contributed by atoms with E-state index in [0.717, 1.165) is 0 Å². The Labute approximate surface area is 121 Å². The minimum atomic E-state index is -0.824. The Morgan fingerprint density at radius 3 is 2.62 bits per heavy atom. The smallest absolute Gasteiger partial charge is 0.321 e. The number of nitrogens with zero attached hydrogens (tertiary/aromatic N) is 1. The van der Waals surface area contributed by atoms with Crippen LogP contribution in [-0.2, 0) is 4.79 Å². The van der Waals surface area contributed by atoms with Crippen molar-refractivity contribution in [1.82, 2.24) is 4.90 Å². The van der Waals surface area contributed by atoms with Crippen molar-refractivity contribution in [2.45, 2.75) is 12.8 Å². The SMILES string of the molecule is COc1cc(F)ccc1NC(=O)N1CCC(C(=O)O)CC1. The molecule has 0 aliphatic carbocycles. The highest BCUT2D eigenvalue weighted by atomic mass is 19.1. The lowest BCUT2D eigenvalue weighted by atomic mass is 9.97. The third kappa shape index (κ3) is 3.62. The lowest BCUT2D eigenvalue weighted by Crippen LogP contribution is -2.42. The summed E-state index contributed by atoms with van der Waals surface area (Å²) in [5.74, 6) is -1.43. The van der Waals surface area contributed by atoms with Crippen molar-refractivity contribution in [3.8, 4) is 5.75 Å². The first-order valence-electron chi connectivity index (χ1n) is 6.63. The molecule has 2 N–H and O–H groups in total. The molecule has 1 heterocycles. The second-order valence-electron chi connectivity index (χ2n) is 4.87. The second-order valence-corrected chi connectivity index (χ2v) is 4.87. The quantitative estimate of drug-likeness (QED) is 0.896. The van der Waals surface area contributed by atoms with Gasteiger partial charge in [-0.3, -0.25) is 4.79 Å². The molecule has 1 aliphatic heterocycles. The number of amides is 2. The number of halogens is 1. The van der Waals surface area contributed by atoms with Crippen molar-refractivity contribution in [3.05, 3.63) is 24.0 Å². The minimum absolute atomic E-state index is 0.240. The minimum Gasteiger partial charge on any atom is -0.494 e. The number of ether oxygens (including phenoxy) is 1. The van der Waals surface area contributed by atoms with E-state index in [4.69, 9.17) is 9.84 Å². The number of hydrogen-bond donors (Lipinski definition) is 2. The van der Waals surface area contributed by atoms with Crippen LogP contribution in [0.2, 0.25) is 0 Å². The molecule has 0 atom stereocenters. The molecule has 2 amide bonds. The zero-order chi connectivity index (χ0) is 15.4. The van der Waals surface area contributed by atoms with Crippen LogP contribution in [0.3, 0.4) is 0 Å². The summed E-state index contributed by atoms with van der Waals surface area (Å²) in [5.41, 5.74) is 0.379. The molecule has 114 valence electrons. The number of anilines is 1. The monoisotopic (exact) mass is 296 g/mol. The van der Waals surface area contributed by atoms with E-state index in [1.807, 2.05) is 0 Å². The summed E-state index contributed by atoms with van der Waals surface area (Å²) in [6.45, 7) is 0.763. The number of piperidine rings is 1. The van der Waals surface area contributed by atoms with Crippen LogP contribution < -0.4 is 10.1 Å². The molecular formula is C14H17FN2O4. The van der Waals surface area contributed by atoms with E-state index >= 15 is 0 Å². The third-order valence-electron chi connectivity index (χ3n) is 3.54. The largest absolute Gasteiger partial charge is 0.494 e. The van der Waals surface area contributed by atoms with Crippen molar-refractivity contribution >= 4 is 17.7 Å². The first-order chi connectivity index (χ1) is 10.0. The number of hydrogen-bond acceptors (Lipinski definition) is 3. The molecule has 1 fully saturated rings. The van der Waals surface area contributed by atoms with E-state index in [2.05, 4.69) is 5.32 Å². The van der Waals surface area contributed by atoms with Gasteiger partial charge in [0.25, 0.3) is 0 Å². The van der Waals surface area contributed by atoms with Crippen LogP contribution in [0.15, 0.2) is 18.2 Å². The average Bonchev–Trinajstić information content (AvgIpc) is 2.49. The molecule has 2 rings (SSSR count). The molecule has 1 saturated heterocycles. The number of carboxylic acids is 1. The van der Waals surface area contributed by atoms with Crippen LogP contribution in [0.25, 0.3) is 0 Å². The normalized spacial score (nSPS) is 15.6. The van der Waals surface area contributed by atoms with E-state index in [-0.39, 0.29) is 11.8 Å². The number of nitrogens with one attached hydrogen (secondary N) is 1. The van der Waals surface area contributed by atoms with Gasteiger partial charge in [-0.2, -0.15) is 0 Å². The van der Waals surface area contributed by atoms with Crippen LogP contribution in [0.4, 0.5) is 14.9 Å². The molecule has 1 aliphatic rings. The molecule has 0 aromatic heterocycles. The Morgan fingerprint density at radius 1 is 1.38 bits per heavy atom. The van der Waals surface area contributed by atoms with Gasteiger partial charge in [0, 0.05) is 19.2 Å². The number of carbonyl (C=O) groups excluding carboxylic acids is 1. The Bertz CT molecular complexity index is 542. The second kappa shape index (κ2) is 6.43. The highest BCUT2D eigenvalue weighted by molar-refractivity contribution is 5.91. The molecule has 21 heavy (non-hydrogen) atoms. The molecule has 6 nitrogen and oxygen atoms in total. The molecule has 0 spiro atoms. The lowest BCUT2D eigenvalue weighted by Gasteiger charge is -2.30. The van der Waals surface area contributed by atoms with Gasteiger partial charge in [0.1, 0.15) is 11.6 Å². The number of aliphatic carboxylic acids is 1. The Kier molecular flexibility index (Phi) is 4.62.